The van der Waals surface area contributed by atoms with Crippen LogP contribution in [0.5, 0.6) is 0 Å². The second kappa shape index (κ2) is 12.1. The highest BCUT2D eigenvalue weighted by atomic mass is 32.1. The quantitative estimate of drug-likeness (QED) is 0.209. The number of nitrogens with two attached hydrogens (primary N) is 1. The van der Waals surface area contributed by atoms with Crippen LogP contribution < -0.4 is 11.1 Å². The van der Waals surface area contributed by atoms with Crippen LogP contribution in [0.3, 0.4) is 0 Å². The Bertz CT molecular complexity index is 1590. The normalized spacial score (nSPS) is 15.0. The largest absolute Gasteiger partial charge is 0.441 e. The monoisotopic (exact) mass is 598 g/mol. The van der Waals surface area contributed by atoms with Crippen molar-refractivity contribution in [2.24, 2.45) is 11.1 Å². The third kappa shape index (κ3) is 6.54. The molecular formula is C28H32F2N8O3S. The van der Waals surface area contributed by atoms with Crippen molar-refractivity contribution in [2.75, 3.05) is 5.32 Å². The lowest BCUT2D eigenvalue weighted by atomic mass is 9.87. The van der Waals surface area contributed by atoms with Crippen LogP contribution in [-0.2, 0) is 16.3 Å². The van der Waals surface area contributed by atoms with E-state index in [1.807, 2.05) is 20.8 Å². The van der Waals surface area contributed by atoms with Gasteiger partial charge in [-0.2, -0.15) is 14.6 Å². The molecule has 1 unspecified atom stereocenters. The number of carbonyl (C=O) groups excluding carboxylic acids is 2. The van der Waals surface area contributed by atoms with Crippen molar-refractivity contribution in [1.82, 2.24) is 29.5 Å². The van der Waals surface area contributed by atoms with Gasteiger partial charge in [-0.3, -0.25) is 14.3 Å². The van der Waals surface area contributed by atoms with Crippen LogP contribution in [0.2, 0.25) is 0 Å². The average Bonchev–Trinajstić information content (AvgIpc) is 3.72. The van der Waals surface area contributed by atoms with Gasteiger partial charge in [-0.1, -0.05) is 40.0 Å². The van der Waals surface area contributed by atoms with Gasteiger partial charge in [0, 0.05) is 23.3 Å². The van der Waals surface area contributed by atoms with Gasteiger partial charge in [0.25, 0.3) is 5.91 Å². The van der Waals surface area contributed by atoms with Crippen LogP contribution in [0, 0.1) is 17.2 Å². The fraction of sp³-hybridized carbons (Fsp3) is 0.429. The zero-order valence-electron chi connectivity index (χ0n) is 23.5. The van der Waals surface area contributed by atoms with Crippen molar-refractivity contribution in [3.63, 3.8) is 0 Å². The predicted molar refractivity (Wildman–Crippen MR) is 152 cm³/mol. The van der Waals surface area contributed by atoms with E-state index in [-0.39, 0.29) is 35.5 Å². The van der Waals surface area contributed by atoms with E-state index < -0.39 is 35.1 Å². The first kappa shape index (κ1) is 29.5. The third-order valence-electron chi connectivity index (χ3n) is 7.11. The molecule has 1 amide bonds. The zero-order valence-corrected chi connectivity index (χ0v) is 24.3. The summed E-state index contributed by atoms with van der Waals surface area (Å²) in [5.41, 5.74) is 6.21. The standard InChI is InChI=1S/C28H32F2N8O3S/c1-28(2,3)24(31)27(40)41-15-37-12-16(11-32-37)26-34-20(14-42-26)25(39)33-19-13-38(17-7-5-4-6-8-17)36-23(19)22-18(29)9-10-21(30)35-22/h9-14,17,24H,4-8,15,31H2,1-3H3,(H,33,39). The Morgan fingerprint density at radius 1 is 1.14 bits per heavy atom. The molecule has 0 bridgehead atoms. The van der Waals surface area contributed by atoms with Crippen LogP contribution in [0.4, 0.5) is 14.5 Å². The van der Waals surface area contributed by atoms with Crippen LogP contribution >= 0.6 is 11.3 Å². The maximum Gasteiger partial charge on any atom is 0.325 e. The highest BCUT2D eigenvalue weighted by Crippen LogP contribution is 2.34. The molecule has 1 saturated carbocycles. The summed E-state index contributed by atoms with van der Waals surface area (Å²) in [6.45, 7) is 5.42. The number of rotatable bonds is 8. The number of carbonyl (C=O) groups is 2. The molecular weight excluding hydrogens is 566 g/mol. The molecule has 0 aromatic carbocycles. The molecule has 11 nitrogen and oxygen atoms in total. The molecule has 1 aliphatic rings. The smallest absolute Gasteiger partial charge is 0.325 e. The van der Waals surface area contributed by atoms with Gasteiger partial charge in [-0.05, 0) is 30.4 Å². The molecule has 4 aromatic heterocycles. The topological polar surface area (TPSA) is 143 Å². The summed E-state index contributed by atoms with van der Waals surface area (Å²) < 4.78 is 37.0. The number of hydrogen-bond donors (Lipinski definition) is 2. The van der Waals surface area contributed by atoms with Gasteiger partial charge in [-0.15, -0.1) is 11.3 Å². The highest BCUT2D eigenvalue weighted by molar-refractivity contribution is 7.13. The van der Waals surface area contributed by atoms with Gasteiger partial charge < -0.3 is 15.8 Å². The summed E-state index contributed by atoms with van der Waals surface area (Å²) in [5, 5.41) is 13.6. The molecule has 0 saturated heterocycles. The number of amides is 1. The third-order valence-corrected chi connectivity index (χ3v) is 8.00. The van der Waals surface area contributed by atoms with Crippen LogP contribution in [-0.4, -0.2) is 47.4 Å². The van der Waals surface area contributed by atoms with Gasteiger partial charge in [0.15, 0.2) is 12.5 Å². The molecule has 5 rings (SSSR count). The molecule has 222 valence electrons. The molecule has 42 heavy (non-hydrogen) atoms. The van der Waals surface area contributed by atoms with Gasteiger partial charge in [0.2, 0.25) is 5.95 Å². The molecule has 0 spiro atoms. The minimum Gasteiger partial charge on any atom is -0.441 e. The Labute approximate surface area is 245 Å². The second-order valence-electron chi connectivity index (χ2n) is 11.3. The number of hydrogen-bond acceptors (Lipinski definition) is 9. The number of halogens is 2. The second-order valence-corrected chi connectivity index (χ2v) is 12.2. The van der Waals surface area contributed by atoms with E-state index in [4.69, 9.17) is 10.5 Å². The van der Waals surface area contributed by atoms with E-state index >= 15 is 0 Å². The van der Waals surface area contributed by atoms with E-state index in [0.29, 0.717) is 10.6 Å². The summed E-state index contributed by atoms with van der Waals surface area (Å²) in [7, 11) is 0. The summed E-state index contributed by atoms with van der Waals surface area (Å²) in [4.78, 5) is 33.6. The van der Waals surface area contributed by atoms with Crippen LogP contribution in [0.25, 0.3) is 22.0 Å². The number of nitrogens with one attached hydrogen (secondary N) is 1. The van der Waals surface area contributed by atoms with Crippen molar-refractivity contribution in [1.29, 1.82) is 0 Å². The number of aromatic nitrogens is 6. The molecule has 4 heterocycles. The lowest BCUT2D eigenvalue weighted by molar-refractivity contribution is -0.152. The fourth-order valence-electron chi connectivity index (χ4n) is 4.59. The van der Waals surface area contributed by atoms with Crippen molar-refractivity contribution >= 4 is 28.9 Å². The Kier molecular flexibility index (Phi) is 8.45. The number of esters is 1. The lowest BCUT2D eigenvalue weighted by Crippen LogP contribution is -2.43. The van der Waals surface area contributed by atoms with E-state index in [2.05, 4.69) is 25.5 Å². The minimum absolute atomic E-state index is 0.0448. The molecule has 4 aromatic rings. The van der Waals surface area contributed by atoms with E-state index in [9.17, 15) is 18.4 Å². The Morgan fingerprint density at radius 2 is 1.90 bits per heavy atom. The van der Waals surface area contributed by atoms with Gasteiger partial charge in [0.05, 0.1) is 17.9 Å². The van der Waals surface area contributed by atoms with Crippen molar-refractivity contribution in [3.05, 3.63) is 53.6 Å². The molecule has 0 aliphatic heterocycles. The highest BCUT2D eigenvalue weighted by Gasteiger charge is 2.29. The van der Waals surface area contributed by atoms with Crippen LogP contribution in [0.15, 0.2) is 36.1 Å². The number of nitrogens with zero attached hydrogens (tertiary/aromatic N) is 6. The van der Waals surface area contributed by atoms with Crippen molar-refractivity contribution in [2.45, 2.75) is 71.7 Å². The minimum atomic E-state index is -0.854. The van der Waals surface area contributed by atoms with Gasteiger partial charge in [-0.25, -0.2) is 19.0 Å². The SMILES string of the molecule is CC(C)(C)C(N)C(=O)OCn1cc(-c2nc(C(=O)Nc3cn(C4CCCCC4)nc3-c3nc(F)ccc3F)cs2)cn1. The van der Waals surface area contributed by atoms with E-state index in [1.54, 1.807) is 28.7 Å². The molecule has 1 aliphatic carbocycles. The Balaban J connectivity index is 1.32. The molecule has 3 N–H and O–H groups in total. The van der Waals surface area contributed by atoms with Crippen molar-refractivity contribution in [3.8, 4) is 22.0 Å². The van der Waals surface area contributed by atoms with Crippen LogP contribution in [0.1, 0.15) is 69.4 Å². The number of anilines is 1. The molecule has 1 fully saturated rings. The Hall–Kier alpha value is -4.04. The summed E-state index contributed by atoms with van der Waals surface area (Å²) in [5.74, 6) is -2.68. The maximum absolute atomic E-state index is 14.7. The molecule has 14 heteroatoms. The first-order valence-corrected chi connectivity index (χ1v) is 14.5. The average molecular weight is 599 g/mol. The zero-order chi connectivity index (χ0) is 30.0. The number of ether oxygens (including phenoxy) is 1. The number of thiazole rings is 1. The fourth-order valence-corrected chi connectivity index (χ4v) is 5.37. The first-order valence-electron chi connectivity index (χ1n) is 13.6. The first-order chi connectivity index (χ1) is 20.0. The summed E-state index contributed by atoms with van der Waals surface area (Å²) in [6.07, 6.45) is 9.84. The van der Waals surface area contributed by atoms with Crippen molar-refractivity contribution < 1.29 is 23.1 Å². The summed E-state index contributed by atoms with van der Waals surface area (Å²) in [6, 6.07) is 1.22. The Morgan fingerprint density at radius 3 is 2.64 bits per heavy atom. The van der Waals surface area contributed by atoms with E-state index in [0.717, 1.165) is 44.2 Å². The number of pyridine rings is 1. The lowest BCUT2D eigenvalue weighted by Gasteiger charge is -2.24. The van der Waals surface area contributed by atoms with Gasteiger partial charge in [0.1, 0.15) is 28.1 Å². The maximum atomic E-state index is 14.7. The molecule has 0 radical (unpaired) electrons. The summed E-state index contributed by atoms with van der Waals surface area (Å²) >= 11 is 1.22. The predicted octanol–water partition coefficient (Wildman–Crippen LogP) is 5.17. The van der Waals surface area contributed by atoms with E-state index in [1.165, 1.54) is 16.0 Å². The van der Waals surface area contributed by atoms with Gasteiger partial charge >= 0.3 is 5.97 Å². The molecule has 1 atom stereocenters.